The Morgan fingerprint density at radius 3 is 1.52 bits per heavy atom. The summed E-state index contributed by atoms with van der Waals surface area (Å²) in [5.74, 6) is -3.46. The molecule has 0 bridgehead atoms. The second-order valence-corrected chi connectivity index (χ2v) is 20.9. The summed E-state index contributed by atoms with van der Waals surface area (Å²) >= 11 is 0. The van der Waals surface area contributed by atoms with Gasteiger partial charge in [0.15, 0.2) is 12.6 Å². The van der Waals surface area contributed by atoms with Gasteiger partial charge in [0, 0.05) is 12.0 Å². The van der Waals surface area contributed by atoms with Crippen molar-refractivity contribution in [3.8, 4) is 0 Å². The monoisotopic (exact) mass is 1120 g/mol. The van der Waals surface area contributed by atoms with Crippen LogP contribution in [0.3, 0.4) is 0 Å². The zero-order valence-corrected chi connectivity index (χ0v) is 44.9. The number of carbonyl (C=O) groups is 5. The topological polar surface area (TPSA) is 175 Å². The molecule has 3 saturated heterocycles. The molecule has 4 amide bonds. The normalized spacial score (nSPS) is 26.1. The van der Waals surface area contributed by atoms with Crippen molar-refractivity contribution < 1.29 is 71.0 Å². The molecule has 5 heterocycles. The quantitative estimate of drug-likeness (QED) is 0.0522. The third-order valence-electron chi connectivity index (χ3n) is 15.6. The van der Waals surface area contributed by atoms with E-state index in [9.17, 15) is 4.79 Å². The lowest BCUT2D eigenvalue weighted by Gasteiger charge is -2.54. The molecule has 0 spiro atoms. The average Bonchev–Trinajstić information content (AvgIpc) is 4.11. The van der Waals surface area contributed by atoms with Crippen molar-refractivity contribution in [2.45, 2.75) is 99.7 Å². The van der Waals surface area contributed by atoms with Gasteiger partial charge in [-0.3, -0.25) is 29.0 Å². The Balaban J connectivity index is 0.993. The van der Waals surface area contributed by atoms with Gasteiger partial charge in [0.05, 0.1) is 73.0 Å². The van der Waals surface area contributed by atoms with Crippen LogP contribution in [-0.4, -0.2) is 126 Å². The maximum atomic E-state index is 15.6. The van der Waals surface area contributed by atoms with Crippen molar-refractivity contribution >= 4 is 29.6 Å². The minimum atomic E-state index is -1.61. The third-order valence-corrected chi connectivity index (χ3v) is 15.6. The highest BCUT2D eigenvalue weighted by Crippen LogP contribution is 2.43. The Bertz CT molecular complexity index is 3330. The first kappa shape index (κ1) is 55.4. The SMILES string of the molecule is O=C(OC(CF)C[C@@H]1O[C@H](COCc2ccccc2)[C@@H](O[C@@H]2O[C@@H]3CO[C@@H](c4ccccc4)O[C@H]3[C@H](OCc3ccccc3)[C@H]2N2C(=O)c3ccccc3C2=O)[C@H](OCc2ccccc2)[C@H]1N1C(=O)c2ccccc2C1=O)c1ccccc1. The fourth-order valence-electron chi connectivity index (χ4n) is 11.6. The fraction of sp³-hybridized carbons (Fsp3) is 0.288. The van der Waals surface area contributed by atoms with E-state index in [2.05, 4.69) is 0 Å². The summed E-state index contributed by atoms with van der Waals surface area (Å²) in [5, 5.41) is 0. The molecule has 12 atom stereocenters. The predicted molar refractivity (Wildman–Crippen MR) is 296 cm³/mol. The highest BCUT2D eigenvalue weighted by molar-refractivity contribution is 6.22. The smallest absolute Gasteiger partial charge is 0.338 e. The zero-order chi connectivity index (χ0) is 56.8. The van der Waals surface area contributed by atoms with Crippen molar-refractivity contribution in [1.82, 2.24) is 9.80 Å². The molecule has 424 valence electrons. The summed E-state index contributed by atoms with van der Waals surface area (Å²) in [4.78, 5) is 76.1. The molecule has 0 radical (unpaired) electrons. The third kappa shape index (κ3) is 11.7. The lowest BCUT2D eigenvalue weighted by atomic mass is 9.87. The minimum absolute atomic E-state index is 0.000714. The van der Waals surface area contributed by atoms with Crippen molar-refractivity contribution in [1.29, 1.82) is 0 Å². The van der Waals surface area contributed by atoms with Gasteiger partial charge in [-0.2, -0.15) is 0 Å². The van der Waals surface area contributed by atoms with Gasteiger partial charge in [-0.15, -0.1) is 0 Å². The molecule has 0 N–H and O–H groups in total. The number of hydrogen-bond acceptors (Lipinski definition) is 14. The van der Waals surface area contributed by atoms with Crippen LogP contribution in [0.4, 0.5) is 4.39 Å². The van der Waals surface area contributed by atoms with Crippen LogP contribution < -0.4 is 0 Å². The Morgan fingerprint density at radius 1 is 0.518 bits per heavy atom. The van der Waals surface area contributed by atoms with Gasteiger partial charge in [0.2, 0.25) is 0 Å². The van der Waals surface area contributed by atoms with Gasteiger partial charge < -0.3 is 42.6 Å². The number of halogens is 1. The molecule has 1 unspecified atom stereocenters. The van der Waals surface area contributed by atoms with Crippen molar-refractivity contribution in [3.05, 3.63) is 250 Å². The first-order valence-electron chi connectivity index (χ1n) is 27.7. The second-order valence-electron chi connectivity index (χ2n) is 20.9. The molecule has 17 heteroatoms. The van der Waals surface area contributed by atoms with E-state index in [1.54, 1.807) is 78.9 Å². The van der Waals surface area contributed by atoms with Crippen LogP contribution in [0.1, 0.15) is 86.8 Å². The van der Waals surface area contributed by atoms with Crippen LogP contribution in [0, 0.1) is 0 Å². The van der Waals surface area contributed by atoms with Gasteiger partial charge in [0.25, 0.3) is 23.6 Å². The largest absolute Gasteiger partial charge is 0.456 e. The molecule has 12 rings (SSSR count). The number of imide groups is 2. The van der Waals surface area contributed by atoms with E-state index in [1.165, 1.54) is 0 Å². The molecule has 7 aromatic rings. The molecule has 83 heavy (non-hydrogen) atoms. The molecule has 0 aromatic heterocycles. The molecular weight excluding hydrogens is 1060 g/mol. The highest BCUT2D eigenvalue weighted by atomic mass is 19.1. The maximum absolute atomic E-state index is 15.6. The van der Waals surface area contributed by atoms with Gasteiger partial charge >= 0.3 is 5.97 Å². The lowest BCUT2D eigenvalue weighted by molar-refractivity contribution is -0.371. The molecule has 0 aliphatic carbocycles. The number of esters is 1. The molecule has 16 nitrogen and oxygen atoms in total. The summed E-state index contributed by atoms with van der Waals surface area (Å²) in [7, 11) is 0. The molecule has 3 fully saturated rings. The van der Waals surface area contributed by atoms with E-state index in [0.717, 1.165) is 20.9 Å². The number of amides is 4. The Labute approximate surface area is 478 Å². The minimum Gasteiger partial charge on any atom is -0.456 e. The van der Waals surface area contributed by atoms with E-state index in [0.29, 0.717) is 11.1 Å². The Hall–Kier alpha value is -8.10. The van der Waals surface area contributed by atoms with Crippen molar-refractivity contribution in [3.63, 3.8) is 0 Å². The van der Waals surface area contributed by atoms with Gasteiger partial charge in [-0.05, 0) is 53.1 Å². The number of nitrogens with zero attached hydrogens (tertiary/aromatic N) is 2. The Morgan fingerprint density at radius 2 is 0.988 bits per heavy atom. The zero-order valence-electron chi connectivity index (χ0n) is 44.9. The molecule has 7 aromatic carbocycles. The summed E-state index contributed by atoms with van der Waals surface area (Å²) in [6.45, 7) is -1.50. The molecule has 5 aliphatic rings. The number of fused-ring (bicyclic) bond motifs is 3. The van der Waals surface area contributed by atoms with E-state index in [4.69, 9.17) is 42.6 Å². The van der Waals surface area contributed by atoms with Crippen LogP contribution in [0.5, 0.6) is 0 Å². The lowest BCUT2D eigenvalue weighted by Crippen LogP contribution is -2.71. The second kappa shape index (κ2) is 25.2. The summed E-state index contributed by atoms with van der Waals surface area (Å²) < 4.78 is 77.0. The molecular formula is C66H59FN2O14. The van der Waals surface area contributed by atoms with Crippen molar-refractivity contribution in [2.24, 2.45) is 0 Å². The molecule has 0 saturated carbocycles. The van der Waals surface area contributed by atoms with Crippen molar-refractivity contribution in [2.75, 3.05) is 19.9 Å². The molecule has 5 aliphatic heterocycles. The number of rotatable bonds is 20. The number of alkyl halides is 1. The average molecular weight is 1120 g/mol. The predicted octanol–water partition coefficient (Wildman–Crippen LogP) is 9.28. The number of hydrogen-bond donors (Lipinski definition) is 0. The summed E-state index contributed by atoms with van der Waals surface area (Å²) in [6.07, 6.45) is -12.9. The van der Waals surface area contributed by atoms with Crippen LogP contribution in [-0.2, 0) is 62.5 Å². The van der Waals surface area contributed by atoms with E-state index >= 15 is 23.6 Å². The van der Waals surface area contributed by atoms with Crippen LogP contribution >= 0.6 is 0 Å². The number of ether oxygens (including phenoxy) is 9. The summed E-state index contributed by atoms with van der Waals surface area (Å²) in [5.41, 5.74) is 3.70. The van der Waals surface area contributed by atoms with Gasteiger partial charge in [0.1, 0.15) is 55.4 Å². The number of carbonyl (C=O) groups excluding carboxylic acids is 5. The summed E-state index contributed by atoms with van der Waals surface area (Å²) in [6, 6.07) is 55.4. The van der Waals surface area contributed by atoms with Crippen LogP contribution in [0.2, 0.25) is 0 Å². The number of benzene rings is 7. The Kier molecular flexibility index (Phi) is 16.8. The fourth-order valence-corrected chi connectivity index (χ4v) is 11.6. The van der Waals surface area contributed by atoms with Gasteiger partial charge in [-0.25, -0.2) is 9.18 Å². The van der Waals surface area contributed by atoms with Gasteiger partial charge in [-0.1, -0.05) is 164 Å². The first-order chi connectivity index (χ1) is 40.7. The van der Waals surface area contributed by atoms with Crippen LogP contribution in [0.15, 0.2) is 200 Å². The van der Waals surface area contributed by atoms with Crippen LogP contribution in [0.25, 0.3) is 0 Å². The first-order valence-corrected chi connectivity index (χ1v) is 27.7. The van der Waals surface area contributed by atoms with E-state index in [-0.39, 0.29) is 67.3 Å². The van der Waals surface area contributed by atoms with E-state index in [1.807, 2.05) is 121 Å². The standard InChI is InChI=1S/C66H59FN2O14/c67-35-46(79-64(74)44-26-12-4-13-27-44)34-51-54(68-60(70)47-30-16-17-31-48(47)61(68)71)58(76-37-42-22-8-2-9-23-42)56(52(80-51)39-75-36-41-20-6-1-7-21-41)83-66-55(69-62(72)49-32-18-19-33-50(49)63(69)73)59(77-38-43-24-10-3-11-25-43)57-53(81-66)40-78-65(82-57)45-28-14-5-15-29-45/h1-33,46,51-59,65-66H,34-40H2/t46?,51-,52+,53+,54-,55+,56+,57+,58+,59+,65+,66-/m0/s1. The van der Waals surface area contributed by atoms with E-state index < -0.39 is 110 Å². The highest BCUT2D eigenvalue weighted by Gasteiger charge is 2.61. The maximum Gasteiger partial charge on any atom is 0.338 e.